The van der Waals surface area contributed by atoms with E-state index in [1.54, 1.807) is 12.0 Å². The number of ether oxygens (including phenoxy) is 2. The molecule has 5 atom stereocenters. The maximum atomic E-state index is 15.1. The molecular formula is C47H53N5O8S. The number of sulfonamides is 1. The van der Waals surface area contributed by atoms with Crippen LogP contribution in [0, 0.1) is 17.3 Å². The molecule has 1 saturated heterocycles. The van der Waals surface area contributed by atoms with Gasteiger partial charge in [0.25, 0.3) is 5.91 Å². The van der Waals surface area contributed by atoms with Crippen LogP contribution in [0.25, 0.3) is 22.2 Å². The van der Waals surface area contributed by atoms with Gasteiger partial charge in [0.05, 0.1) is 36.0 Å². The number of nitrogens with one attached hydrogen (secondary N) is 2. The smallest absolute Gasteiger partial charge is 0.259 e. The average molecular weight is 848 g/mol. The Hall–Kier alpha value is -5.76. The van der Waals surface area contributed by atoms with Crippen LogP contribution in [0.5, 0.6) is 11.5 Å². The summed E-state index contributed by atoms with van der Waals surface area (Å²) in [6.45, 7) is 10.6. The Labute approximate surface area is 356 Å². The minimum absolute atomic E-state index is 0.00949. The van der Waals surface area contributed by atoms with Gasteiger partial charge in [-0.1, -0.05) is 81.4 Å². The molecule has 61 heavy (non-hydrogen) atoms. The van der Waals surface area contributed by atoms with E-state index in [-0.39, 0.29) is 37.6 Å². The standard InChI is InChI=1S/C47H53N5O8S/c1-6-32-26-47(32,45(56)50-61(57,58)35-17-18-35)49-43(54)40-23-34(60-41-25-38(30-13-8-7-9-14-30)48-39-22-33(59-5)16-19-36(39)41)28-52(40)44(55)37(46(2,3)4)24-42(53)51-21-20-29-12-10-11-15-31(29)27-51/h6-16,19,22,25,32,34-35,37,40H,1,17-18,20-21,23-24,26-28H2,2-5H3,(H,49,54)(H,50,56)/t32?,34-,37?,40+,47?/m1/s1. The zero-order valence-corrected chi connectivity index (χ0v) is 35.9. The molecule has 2 aliphatic heterocycles. The average Bonchev–Trinajstić information content (AvgIpc) is 4.18. The predicted octanol–water partition coefficient (Wildman–Crippen LogP) is 5.57. The SMILES string of the molecule is C=CC1CC1(NC(=O)[C@@H]1C[C@@H](Oc2cc(-c3ccccc3)nc3cc(OC)ccc23)CN1C(=O)C(CC(=O)N1CCc2ccccc2C1)C(C)(C)C)C(=O)NS(=O)(=O)C1CC1. The fourth-order valence-electron chi connectivity index (χ4n) is 8.71. The quantitative estimate of drug-likeness (QED) is 0.164. The van der Waals surface area contributed by atoms with Crippen molar-refractivity contribution in [3.63, 3.8) is 0 Å². The molecule has 3 heterocycles. The van der Waals surface area contributed by atoms with Crippen LogP contribution in [0.15, 0.2) is 91.5 Å². The molecule has 13 nitrogen and oxygen atoms in total. The largest absolute Gasteiger partial charge is 0.497 e. The highest BCUT2D eigenvalue weighted by molar-refractivity contribution is 7.91. The van der Waals surface area contributed by atoms with Crippen LogP contribution in [-0.2, 0) is 42.2 Å². The molecule has 4 amide bonds. The summed E-state index contributed by atoms with van der Waals surface area (Å²) in [6.07, 6.45) is 2.62. The molecule has 320 valence electrons. The summed E-state index contributed by atoms with van der Waals surface area (Å²) < 4.78 is 40.2. The molecule has 3 unspecified atom stereocenters. The van der Waals surface area contributed by atoms with E-state index in [0.29, 0.717) is 54.0 Å². The second-order valence-electron chi connectivity index (χ2n) is 17.9. The van der Waals surface area contributed by atoms with E-state index in [1.165, 1.54) is 16.5 Å². The first kappa shape index (κ1) is 42.0. The Morgan fingerprint density at radius 3 is 2.39 bits per heavy atom. The first-order valence-corrected chi connectivity index (χ1v) is 22.5. The second-order valence-corrected chi connectivity index (χ2v) is 19.8. The normalized spacial score (nSPS) is 22.8. The third kappa shape index (κ3) is 8.59. The Morgan fingerprint density at radius 1 is 1.00 bits per heavy atom. The zero-order valence-electron chi connectivity index (χ0n) is 35.1. The van der Waals surface area contributed by atoms with E-state index in [1.807, 2.05) is 93.6 Å². The number of aromatic nitrogens is 1. The van der Waals surface area contributed by atoms with Crippen LogP contribution in [0.2, 0.25) is 0 Å². The van der Waals surface area contributed by atoms with Crippen molar-refractivity contribution in [2.75, 3.05) is 20.2 Å². The Morgan fingerprint density at radius 2 is 1.72 bits per heavy atom. The number of amides is 4. The lowest BCUT2D eigenvalue weighted by atomic mass is 9.77. The molecule has 8 rings (SSSR count). The van der Waals surface area contributed by atoms with Gasteiger partial charge >= 0.3 is 0 Å². The third-order valence-corrected chi connectivity index (χ3v) is 14.5. The number of methoxy groups -OCH3 is 1. The van der Waals surface area contributed by atoms with Gasteiger partial charge in [-0.15, -0.1) is 6.58 Å². The summed E-state index contributed by atoms with van der Waals surface area (Å²) in [5.41, 5.74) is 2.19. The summed E-state index contributed by atoms with van der Waals surface area (Å²) in [6, 6.07) is 23.9. The van der Waals surface area contributed by atoms with Crippen molar-refractivity contribution < 1.29 is 37.1 Å². The van der Waals surface area contributed by atoms with Crippen molar-refractivity contribution in [1.29, 1.82) is 0 Å². The van der Waals surface area contributed by atoms with Gasteiger partial charge in [0, 0.05) is 54.9 Å². The number of fused-ring (bicyclic) bond motifs is 2. The highest BCUT2D eigenvalue weighted by Crippen LogP contribution is 2.46. The second kappa shape index (κ2) is 16.3. The molecule has 0 spiro atoms. The van der Waals surface area contributed by atoms with E-state index < -0.39 is 62.0 Å². The van der Waals surface area contributed by atoms with Gasteiger partial charge < -0.3 is 24.6 Å². The fourth-order valence-corrected chi connectivity index (χ4v) is 10.1. The number of hydrogen-bond acceptors (Lipinski definition) is 9. The van der Waals surface area contributed by atoms with Gasteiger partial charge in [-0.25, -0.2) is 13.4 Å². The number of carbonyl (C=O) groups excluding carboxylic acids is 4. The third-order valence-electron chi connectivity index (χ3n) is 12.6. The van der Waals surface area contributed by atoms with Gasteiger partial charge in [-0.2, -0.15) is 0 Å². The van der Waals surface area contributed by atoms with Gasteiger partial charge in [0.15, 0.2) is 0 Å². The van der Waals surface area contributed by atoms with Crippen LogP contribution in [0.4, 0.5) is 0 Å². The first-order chi connectivity index (χ1) is 29.1. The monoisotopic (exact) mass is 847 g/mol. The minimum Gasteiger partial charge on any atom is -0.497 e. The minimum atomic E-state index is -3.91. The summed E-state index contributed by atoms with van der Waals surface area (Å²) in [4.78, 5) is 65.7. The van der Waals surface area contributed by atoms with Gasteiger partial charge in [0.2, 0.25) is 27.7 Å². The molecule has 1 aromatic heterocycles. The Kier molecular flexibility index (Phi) is 11.2. The topological polar surface area (TPSA) is 164 Å². The molecule has 14 heteroatoms. The van der Waals surface area contributed by atoms with E-state index in [4.69, 9.17) is 14.5 Å². The summed E-state index contributed by atoms with van der Waals surface area (Å²) in [7, 11) is -2.33. The first-order valence-electron chi connectivity index (χ1n) is 21.0. The Balaban J connectivity index is 1.11. The van der Waals surface area contributed by atoms with Crippen molar-refractivity contribution in [2.24, 2.45) is 17.3 Å². The summed E-state index contributed by atoms with van der Waals surface area (Å²) >= 11 is 0. The summed E-state index contributed by atoms with van der Waals surface area (Å²) in [5, 5.41) is 2.94. The van der Waals surface area contributed by atoms with Crippen LogP contribution in [0.3, 0.4) is 0 Å². The molecule has 0 radical (unpaired) electrons. The van der Waals surface area contributed by atoms with Gasteiger partial charge in [0.1, 0.15) is 29.2 Å². The van der Waals surface area contributed by atoms with Crippen LogP contribution in [-0.4, -0.2) is 90.0 Å². The van der Waals surface area contributed by atoms with Crippen molar-refractivity contribution in [1.82, 2.24) is 24.8 Å². The number of benzene rings is 3. The maximum absolute atomic E-state index is 15.1. The van der Waals surface area contributed by atoms with E-state index in [2.05, 4.69) is 22.7 Å². The number of pyridine rings is 1. The summed E-state index contributed by atoms with van der Waals surface area (Å²) in [5.74, 6) is -2.20. The molecule has 3 fully saturated rings. The lowest BCUT2D eigenvalue weighted by Gasteiger charge is -2.37. The zero-order chi connectivity index (χ0) is 43.3. The molecule has 2 saturated carbocycles. The van der Waals surface area contributed by atoms with E-state index in [9.17, 15) is 22.8 Å². The van der Waals surface area contributed by atoms with Crippen molar-refractivity contribution >= 4 is 44.6 Å². The molecular weight excluding hydrogens is 795 g/mol. The molecule has 2 N–H and O–H groups in total. The van der Waals surface area contributed by atoms with Crippen LogP contribution < -0.4 is 19.5 Å². The molecule has 3 aromatic carbocycles. The van der Waals surface area contributed by atoms with Gasteiger partial charge in [-0.05, 0) is 54.4 Å². The lowest BCUT2D eigenvalue weighted by molar-refractivity contribution is -0.148. The molecule has 2 aliphatic carbocycles. The van der Waals surface area contributed by atoms with E-state index >= 15 is 4.79 Å². The van der Waals surface area contributed by atoms with Crippen LogP contribution >= 0.6 is 0 Å². The fraction of sp³-hybridized carbons (Fsp3) is 0.426. The van der Waals surface area contributed by atoms with Gasteiger partial charge in [-0.3, -0.25) is 23.9 Å². The maximum Gasteiger partial charge on any atom is 0.259 e. The lowest BCUT2D eigenvalue weighted by Crippen LogP contribution is -2.57. The van der Waals surface area contributed by atoms with Crippen molar-refractivity contribution in [2.45, 2.75) is 88.8 Å². The molecule has 4 aromatic rings. The number of likely N-dealkylation sites (tertiary alicyclic amines) is 1. The van der Waals surface area contributed by atoms with E-state index in [0.717, 1.165) is 17.5 Å². The van der Waals surface area contributed by atoms with Crippen LogP contribution in [0.1, 0.15) is 64.0 Å². The number of hydrogen-bond donors (Lipinski definition) is 2. The van der Waals surface area contributed by atoms with Crippen molar-refractivity contribution in [3.05, 3.63) is 103 Å². The highest BCUT2D eigenvalue weighted by Gasteiger charge is 2.62. The Bertz CT molecular complexity index is 2500. The molecule has 4 aliphatic rings. The van der Waals surface area contributed by atoms with Crippen molar-refractivity contribution in [3.8, 4) is 22.8 Å². The predicted molar refractivity (Wildman–Crippen MR) is 231 cm³/mol. The number of rotatable bonds is 13. The number of nitrogens with zero attached hydrogens (tertiary/aromatic N) is 3. The number of carbonyl (C=O) groups is 4. The molecule has 0 bridgehead atoms. The highest BCUT2D eigenvalue weighted by atomic mass is 32.2.